The van der Waals surface area contributed by atoms with Gasteiger partial charge in [-0.15, -0.1) is 0 Å². The van der Waals surface area contributed by atoms with E-state index in [2.05, 4.69) is 22.9 Å². The summed E-state index contributed by atoms with van der Waals surface area (Å²) < 4.78 is 5.01. The maximum atomic E-state index is 5.02. The van der Waals surface area contributed by atoms with E-state index in [1.807, 2.05) is 6.92 Å². The van der Waals surface area contributed by atoms with E-state index in [1.54, 1.807) is 0 Å². The van der Waals surface area contributed by atoms with Crippen LogP contribution >= 0.6 is 12.2 Å². The zero-order valence-corrected chi connectivity index (χ0v) is 8.25. The fraction of sp³-hybridized carbons (Fsp3) is 0.857. The zero-order valence-electron chi connectivity index (χ0n) is 7.43. The molecule has 4 nitrogen and oxygen atoms in total. The summed E-state index contributed by atoms with van der Waals surface area (Å²) in [6.07, 6.45) is 0. The Morgan fingerprint density at radius 2 is 2.17 bits per heavy atom. The highest BCUT2D eigenvalue weighted by Gasteiger charge is 1.92. The largest absolute Gasteiger partial charge is 0.379 e. The molecule has 12 heavy (non-hydrogen) atoms. The van der Waals surface area contributed by atoms with Crippen molar-refractivity contribution in [3.8, 4) is 0 Å². The fourth-order valence-electron chi connectivity index (χ4n) is 0.690. The molecule has 1 rings (SSSR count). The Bertz CT molecular complexity index is 106. The number of nitrogens with one attached hydrogen (secondary N) is 2. The predicted molar refractivity (Wildman–Crippen MR) is 54.2 cm³/mol. The third-order valence-electron chi connectivity index (χ3n) is 1.20. The van der Waals surface area contributed by atoms with Crippen LogP contribution in [0.1, 0.15) is 6.92 Å². The Balaban J connectivity index is 0.000000202. The lowest BCUT2D eigenvalue weighted by Crippen LogP contribution is -2.30. The van der Waals surface area contributed by atoms with Crippen molar-refractivity contribution in [1.82, 2.24) is 10.6 Å². The van der Waals surface area contributed by atoms with E-state index >= 15 is 0 Å². The first-order chi connectivity index (χ1) is 5.77. The van der Waals surface area contributed by atoms with Gasteiger partial charge >= 0.3 is 0 Å². The Kier molecular flexibility index (Phi) is 8.42. The Hall–Kier alpha value is -0.390. The second-order valence-corrected chi connectivity index (χ2v) is 2.70. The first kappa shape index (κ1) is 11.6. The van der Waals surface area contributed by atoms with E-state index in [0.717, 1.165) is 32.8 Å². The number of hydrogen-bond acceptors (Lipinski definition) is 3. The van der Waals surface area contributed by atoms with E-state index in [1.165, 1.54) is 0 Å². The van der Waals surface area contributed by atoms with Crippen molar-refractivity contribution in [2.24, 2.45) is 5.73 Å². The summed E-state index contributed by atoms with van der Waals surface area (Å²) in [5.74, 6) is 0. The highest BCUT2D eigenvalue weighted by Crippen LogP contribution is 1.76. The summed E-state index contributed by atoms with van der Waals surface area (Å²) in [4.78, 5) is 0. The minimum Gasteiger partial charge on any atom is -0.379 e. The summed E-state index contributed by atoms with van der Waals surface area (Å²) in [6, 6.07) is 0. The second kappa shape index (κ2) is 8.70. The summed E-state index contributed by atoms with van der Waals surface area (Å²) in [5.41, 5.74) is 5.02. The molecule has 1 aliphatic heterocycles. The molecule has 1 heterocycles. The normalized spacial score (nSPS) is 15.8. The van der Waals surface area contributed by atoms with Crippen molar-refractivity contribution >= 4 is 17.3 Å². The van der Waals surface area contributed by atoms with Crippen LogP contribution < -0.4 is 16.4 Å². The standard InChI is InChI=1S/C4H9NO.C3H8N2S/c1-3-6-4-2-5-1;1-2-5-3(4)6/h5H,1-4H2;2H2,1H3,(H3,4,5,6). The molecular formula is C7H17N3OS. The van der Waals surface area contributed by atoms with Gasteiger partial charge in [0.1, 0.15) is 0 Å². The van der Waals surface area contributed by atoms with E-state index in [0.29, 0.717) is 5.11 Å². The molecule has 72 valence electrons. The third kappa shape index (κ3) is 9.61. The van der Waals surface area contributed by atoms with Crippen LogP contribution in [0.25, 0.3) is 0 Å². The van der Waals surface area contributed by atoms with Gasteiger partial charge in [0, 0.05) is 19.6 Å². The molecule has 0 radical (unpaired) electrons. The molecule has 5 heteroatoms. The zero-order chi connectivity index (χ0) is 9.23. The quantitative estimate of drug-likeness (QED) is 0.485. The van der Waals surface area contributed by atoms with Crippen LogP contribution in [0.3, 0.4) is 0 Å². The first-order valence-electron chi connectivity index (χ1n) is 4.09. The van der Waals surface area contributed by atoms with Gasteiger partial charge in [-0.25, -0.2) is 0 Å². The molecule has 0 aromatic heterocycles. The third-order valence-corrected chi connectivity index (χ3v) is 1.34. The van der Waals surface area contributed by atoms with Crippen molar-refractivity contribution in [1.29, 1.82) is 0 Å². The van der Waals surface area contributed by atoms with E-state index in [4.69, 9.17) is 10.5 Å². The maximum absolute atomic E-state index is 5.02. The topological polar surface area (TPSA) is 59.3 Å². The van der Waals surface area contributed by atoms with Gasteiger partial charge in [0.2, 0.25) is 0 Å². The van der Waals surface area contributed by atoms with Gasteiger partial charge in [-0.1, -0.05) is 0 Å². The average Bonchev–Trinajstić information content (AvgIpc) is 2.08. The molecule has 4 N–H and O–H groups in total. The van der Waals surface area contributed by atoms with Crippen molar-refractivity contribution in [3.05, 3.63) is 0 Å². The van der Waals surface area contributed by atoms with Crippen LogP contribution in [0.5, 0.6) is 0 Å². The second-order valence-electron chi connectivity index (χ2n) is 2.26. The SMILES string of the molecule is C1COCCN1.CCNC(N)=S. The lowest BCUT2D eigenvalue weighted by atomic mass is 10.5. The molecule has 0 aliphatic carbocycles. The molecule has 0 bridgehead atoms. The van der Waals surface area contributed by atoms with E-state index in [9.17, 15) is 0 Å². The number of morpholine rings is 1. The van der Waals surface area contributed by atoms with Gasteiger partial charge in [-0.2, -0.15) is 0 Å². The summed E-state index contributed by atoms with van der Waals surface area (Å²) in [5, 5.41) is 6.25. The molecule has 0 atom stereocenters. The minimum atomic E-state index is 0.373. The van der Waals surface area contributed by atoms with Crippen LogP contribution in [0, 0.1) is 0 Å². The Labute approximate surface area is 78.8 Å². The number of ether oxygens (including phenoxy) is 1. The molecule has 0 aromatic rings. The van der Waals surface area contributed by atoms with Crippen LogP contribution in [0.2, 0.25) is 0 Å². The average molecular weight is 191 g/mol. The van der Waals surface area contributed by atoms with Crippen LogP contribution in [0.15, 0.2) is 0 Å². The van der Waals surface area contributed by atoms with Gasteiger partial charge in [0.25, 0.3) is 0 Å². The van der Waals surface area contributed by atoms with Gasteiger partial charge in [0.15, 0.2) is 5.11 Å². The molecule has 0 spiro atoms. The molecule has 1 aliphatic rings. The highest BCUT2D eigenvalue weighted by molar-refractivity contribution is 7.80. The smallest absolute Gasteiger partial charge is 0.163 e. The van der Waals surface area contributed by atoms with Crippen molar-refractivity contribution in [2.45, 2.75) is 6.92 Å². The maximum Gasteiger partial charge on any atom is 0.163 e. The summed E-state index contributed by atoms with van der Waals surface area (Å²) >= 11 is 4.46. The van der Waals surface area contributed by atoms with Gasteiger partial charge in [-0.05, 0) is 19.1 Å². The molecule has 0 aromatic carbocycles. The first-order valence-corrected chi connectivity index (χ1v) is 4.50. The summed E-state index contributed by atoms with van der Waals surface area (Å²) in [6.45, 7) is 6.59. The highest BCUT2D eigenvalue weighted by atomic mass is 32.1. The van der Waals surface area contributed by atoms with Crippen LogP contribution in [-0.2, 0) is 4.74 Å². The van der Waals surface area contributed by atoms with Crippen molar-refractivity contribution in [3.63, 3.8) is 0 Å². The predicted octanol–water partition coefficient (Wildman–Crippen LogP) is -0.554. The Morgan fingerprint density at radius 3 is 2.25 bits per heavy atom. The Morgan fingerprint density at radius 1 is 1.58 bits per heavy atom. The molecule has 0 saturated carbocycles. The molecule has 1 fully saturated rings. The molecular weight excluding hydrogens is 174 g/mol. The number of thiocarbonyl (C=S) groups is 1. The number of hydrogen-bond donors (Lipinski definition) is 3. The van der Waals surface area contributed by atoms with Crippen molar-refractivity contribution in [2.75, 3.05) is 32.8 Å². The number of nitrogens with two attached hydrogens (primary N) is 1. The fourth-order valence-corrected chi connectivity index (χ4v) is 0.834. The van der Waals surface area contributed by atoms with Gasteiger partial charge in [-0.3, -0.25) is 0 Å². The molecule has 0 unspecified atom stereocenters. The van der Waals surface area contributed by atoms with Crippen LogP contribution in [-0.4, -0.2) is 38.0 Å². The van der Waals surface area contributed by atoms with Gasteiger partial charge in [0.05, 0.1) is 13.2 Å². The molecule has 1 saturated heterocycles. The summed E-state index contributed by atoms with van der Waals surface area (Å²) in [7, 11) is 0. The lowest BCUT2D eigenvalue weighted by molar-refractivity contribution is 0.109. The molecule has 0 amide bonds. The van der Waals surface area contributed by atoms with Crippen molar-refractivity contribution < 1.29 is 4.74 Å². The number of rotatable bonds is 1. The monoisotopic (exact) mass is 191 g/mol. The van der Waals surface area contributed by atoms with Crippen LogP contribution in [0.4, 0.5) is 0 Å². The van der Waals surface area contributed by atoms with E-state index < -0.39 is 0 Å². The lowest BCUT2D eigenvalue weighted by Gasteiger charge is -2.10. The van der Waals surface area contributed by atoms with E-state index in [-0.39, 0.29) is 0 Å². The van der Waals surface area contributed by atoms with Gasteiger partial charge < -0.3 is 21.1 Å². The minimum absolute atomic E-state index is 0.373.